The number of nitrogens with two attached hydrogens (primary N) is 1. The minimum atomic E-state index is -1.29. The van der Waals surface area contributed by atoms with E-state index in [0.717, 1.165) is 0 Å². The Kier molecular flexibility index (Phi) is 3.47. The Hall–Kier alpha value is -2.08. The Morgan fingerprint density at radius 2 is 2.33 bits per heavy atom. The van der Waals surface area contributed by atoms with Crippen molar-refractivity contribution < 1.29 is 14.6 Å². The zero-order valence-corrected chi connectivity index (χ0v) is 10.0. The highest BCUT2D eigenvalue weighted by atomic mass is 35.5. The second kappa shape index (κ2) is 5.05. The molecule has 0 aliphatic carbocycles. The number of fused-ring (bicyclic) bond motifs is 1. The van der Waals surface area contributed by atoms with Crippen molar-refractivity contribution in [2.45, 2.75) is 0 Å². The van der Waals surface area contributed by atoms with E-state index in [1.54, 1.807) is 18.2 Å². The molecule has 0 atom stereocenters. The average Bonchev–Trinajstić information content (AvgIpc) is 2.51. The van der Waals surface area contributed by atoms with Crippen LogP contribution in [0, 0.1) is 0 Å². The quantitative estimate of drug-likeness (QED) is 0.539. The number of rotatable bonds is 0. The first-order valence-corrected chi connectivity index (χ1v) is 5.50. The summed E-state index contributed by atoms with van der Waals surface area (Å²) in [4.78, 5) is 18.6. The molecule has 1 aromatic carbocycles. The molecular weight excluding hydrogens is 258 g/mol. The van der Waals surface area contributed by atoms with Crippen LogP contribution in [0.3, 0.4) is 0 Å². The second-order valence-corrected chi connectivity index (χ2v) is 3.93. The van der Waals surface area contributed by atoms with E-state index in [2.05, 4.69) is 9.98 Å². The summed E-state index contributed by atoms with van der Waals surface area (Å²) in [7, 11) is 0. The molecule has 2 rings (SSSR count). The third-order valence-electron chi connectivity index (χ3n) is 2.24. The fourth-order valence-corrected chi connectivity index (χ4v) is 1.61. The molecular formula is C11H10ClN3O3. The number of hydrogen-bond acceptors (Lipinski definition) is 4. The lowest BCUT2D eigenvalue weighted by molar-refractivity contribution is -0.129. The fraction of sp³-hybridized carbons (Fsp3) is 0.182. The second-order valence-electron chi connectivity index (χ2n) is 3.50. The van der Waals surface area contributed by atoms with E-state index in [9.17, 15) is 4.79 Å². The van der Waals surface area contributed by atoms with Gasteiger partial charge in [-0.2, -0.15) is 0 Å². The lowest BCUT2D eigenvalue weighted by Gasteiger charge is -2.07. The molecule has 1 heterocycles. The van der Waals surface area contributed by atoms with Crippen LogP contribution in [0.2, 0.25) is 5.02 Å². The summed E-state index contributed by atoms with van der Waals surface area (Å²) in [6, 6.07) is 4.95. The van der Waals surface area contributed by atoms with Gasteiger partial charge < -0.3 is 15.6 Å². The predicted molar refractivity (Wildman–Crippen MR) is 67.6 cm³/mol. The summed E-state index contributed by atoms with van der Waals surface area (Å²) in [5.74, 6) is -1.06. The maximum absolute atomic E-state index is 10.7. The van der Waals surface area contributed by atoms with E-state index in [1.165, 1.54) is 0 Å². The number of carboxylic acid groups (broad SMARTS) is 1. The molecule has 0 radical (unpaired) electrons. The molecule has 1 aliphatic heterocycles. The Bertz CT molecular complexity index is 554. The number of aliphatic carboxylic acids is 1. The molecule has 0 spiro atoms. The number of benzene rings is 1. The van der Waals surface area contributed by atoms with Crippen molar-refractivity contribution in [2.75, 3.05) is 13.2 Å². The van der Waals surface area contributed by atoms with Gasteiger partial charge in [-0.05, 0) is 18.2 Å². The smallest absolute Gasteiger partial charge is 0.371 e. The van der Waals surface area contributed by atoms with E-state index in [-0.39, 0.29) is 5.84 Å². The van der Waals surface area contributed by atoms with Gasteiger partial charge in [0.25, 0.3) is 0 Å². The van der Waals surface area contributed by atoms with Gasteiger partial charge in [0, 0.05) is 5.02 Å². The van der Waals surface area contributed by atoms with Crippen LogP contribution in [0.1, 0.15) is 5.56 Å². The Morgan fingerprint density at radius 3 is 3.06 bits per heavy atom. The van der Waals surface area contributed by atoms with Crippen LogP contribution in [0.15, 0.2) is 28.2 Å². The van der Waals surface area contributed by atoms with Crippen LogP contribution >= 0.6 is 11.6 Å². The first-order chi connectivity index (χ1) is 8.58. The minimum Gasteiger partial charge on any atom is -0.491 e. The first-order valence-electron chi connectivity index (χ1n) is 5.12. The highest BCUT2D eigenvalue weighted by molar-refractivity contribution is 6.36. The number of hydrogen-bond donors (Lipinski definition) is 2. The van der Waals surface area contributed by atoms with Gasteiger partial charge in [-0.1, -0.05) is 11.6 Å². The summed E-state index contributed by atoms with van der Waals surface area (Å²) in [6.45, 7) is 0.747. The number of ether oxygens (including phenoxy) is 1. The number of carbonyl (C=O) groups is 1. The van der Waals surface area contributed by atoms with E-state index in [1.807, 2.05) is 0 Å². The minimum absolute atomic E-state index is 0.235. The molecule has 3 N–H and O–H groups in total. The van der Waals surface area contributed by atoms with Crippen molar-refractivity contribution in [3.05, 3.63) is 28.8 Å². The van der Waals surface area contributed by atoms with Crippen molar-refractivity contribution in [1.29, 1.82) is 0 Å². The Balaban J connectivity index is 2.47. The van der Waals surface area contributed by atoms with Crippen LogP contribution in [0.25, 0.3) is 0 Å². The van der Waals surface area contributed by atoms with Crippen molar-refractivity contribution >= 4 is 29.2 Å². The summed E-state index contributed by atoms with van der Waals surface area (Å²) in [5.41, 5.74) is 5.86. The molecule has 7 heteroatoms. The highest BCUT2D eigenvalue weighted by Gasteiger charge is 2.15. The molecule has 0 saturated carbocycles. The number of halogens is 1. The standard InChI is InChI=1S/C11H10ClN3O3/c12-6-1-2-7-8(5-6)18-4-3-14-10(7)15-9(13)11(16)17/h1-2,5H,3-4H2,(H,16,17)(H2,13,14,15). The summed E-state index contributed by atoms with van der Waals surface area (Å²) in [6.07, 6.45) is 0. The van der Waals surface area contributed by atoms with Crippen LogP contribution < -0.4 is 10.5 Å². The van der Waals surface area contributed by atoms with Crippen LogP contribution in [-0.4, -0.2) is 35.9 Å². The number of aliphatic imine (C=N–C) groups is 2. The number of nitrogens with zero attached hydrogens (tertiary/aromatic N) is 2. The molecule has 94 valence electrons. The van der Waals surface area contributed by atoms with Gasteiger partial charge in [0.2, 0.25) is 5.84 Å². The van der Waals surface area contributed by atoms with Crippen molar-refractivity contribution in [3.63, 3.8) is 0 Å². The fourth-order valence-electron chi connectivity index (χ4n) is 1.45. The zero-order valence-electron chi connectivity index (χ0n) is 9.26. The lowest BCUT2D eigenvalue weighted by Crippen LogP contribution is -2.24. The third kappa shape index (κ3) is 2.60. The molecule has 0 bridgehead atoms. The van der Waals surface area contributed by atoms with Crippen LogP contribution in [0.4, 0.5) is 0 Å². The molecule has 1 aromatic rings. The molecule has 6 nitrogen and oxygen atoms in total. The van der Waals surface area contributed by atoms with Gasteiger partial charge in [-0.15, -0.1) is 0 Å². The zero-order chi connectivity index (χ0) is 13.1. The molecule has 0 unspecified atom stereocenters. The first kappa shape index (κ1) is 12.4. The third-order valence-corrected chi connectivity index (χ3v) is 2.48. The van der Waals surface area contributed by atoms with Gasteiger partial charge in [-0.25, -0.2) is 9.79 Å². The van der Waals surface area contributed by atoms with Crippen LogP contribution in [0.5, 0.6) is 5.75 Å². The molecule has 0 amide bonds. The summed E-state index contributed by atoms with van der Waals surface area (Å²) < 4.78 is 5.45. The van der Waals surface area contributed by atoms with E-state index in [0.29, 0.717) is 29.5 Å². The SMILES string of the molecule is NC(=NC1=NCCOc2cc(Cl)ccc21)C(=O)O. The monoisotopic (exact) mass is 267 g/mol. The van der Waals surface area contributed by atoms with E-state index < -0.39 is 11.8 Å². The average molecular weight is 268 g/mol. The van der Waals surface area contributed by atoms with Gasteiger partial charge in [0.15, 0.2) is 5.84 Å². The Morgan fingerprint density at radius 1 is 1.56 bits per heavy atom. The van der Waals surface area contributed by atoms with E-state index >= 15 is 0 Å². The van der Waals surface area contributed by atoms with Gasteiger partial charge in [-0.3, -0.25) is 4.99 Å². The summed E-state index contributed by atoms with van der Waals surface area (Å²) >= 11 is 5.86. The highest BCUT2D eigenvalue weighted by Crippen LogP contribution is 2.26. The molecule has 0 saturated heterocycles. The maximum Gasteiger partial charge on any atom is 0.371 e. The van der Waals surface area contributed by atoms with Gasteiger partial charge in [0.05, 0.1) is 12.1 Å². The number of carboxylic acids is 1. The van der Waals surface area contributed by atoms with Crippen LogP contribution in [-0.2, 0) is 4.79 Å². The van der Waals surface area contributed by atoms with Crippen molar-refractivity contribution in [2.24, 2.45) is 15.7 Å². The van der Waals surface area contributed by atoms with Gasteiger partial charge >= 0.3 is 5.97 Å². The lowest BCUT2D eigenvalue weighted by atomic mass is 10.2. The molecule has 18 heavy (non-hydrogen) atoms. The van der Waals surface area contributed by atoms with Crippen molar-refractivity contribution in [1.82, 2.24) is 0 Å². The maximum atomic E-state index is 10.7. The van der Waals surface area contributed by atoms with Gasteiger partial charge in [0.1, 0.15) is 12.4 Å². The molecule has 0 aromatic heterocycles. The largest absolute Gasteiger partial charge is 0.491 e. The summed E-state index contributed by atoms with van der Waals surface area (Å²) in [5, 5.41) is 9.23. The normalized spacial score (nSPS) is 15.2. The Labute approximate surface area is 108 Å². The molecule has 1 aliphatic rings. The predicted octanol–water partition coefficient (Wildman–Crippen LogP) is 0.921. The van der Waals surface area contributed by atoms with Crippen molar-refractivity contribution in [3.8, 4) is 5.75 Å². The molecule has 0 fully saturated rings. The topological polar surface area (TPSA) is 97.3 Å². The number of amidine groups is 2. The van der Waals surface area contributed by atoms with E-state index in [4.69, 9.17) is 27.2 Å².